The standard InChI is InChI=1S/C11H19N3O/c1-13-5-6-15-11(8-13)9-14-4-2-3-10(14)7-12/h2-4,11H,5-9,12H2,1H3. The second kappa shape index (κ2) is 4.79. The molecule has 4 nitrogen and oxygen atoms in total. The van der Waals surface area contributed by atoms with Crippen LogP contribution in [0.1, 0.15) is 5.69 Å². The highest BCUT2D eigenvalue weighted by Crippen LogP contribution is 2.08. The number of hydrogen-bond donors (Lipinski definition) is 1. The summed E-state index contributed by atoms with van der Waals surface area (Å²) in [5, 5.41) is 0. The van der Waals surface area contributed by atoms with Crippen molar-refractivity contribution in [3.8, 4) is 0 Å². The lowest BCUT2D eigenvalue weighted by molar-refractivity contribution is -0.0277. The maximum atomic E-state index is 5.72. The topological polar surface area (TPSA) is 43.4 Å². The predicted molar refractivity (Wildman–Crippen MR) is 59.6 cm³/mol. The van der Waals surface area contributed by atoms with E-state index in [0.29, 0.717) is 12.6 Å². The first-order valence-electron chi connectivity index (χ1n) is 5.44. The van der Waals surface area contributed by atoms with E-state index in [1.807, 2.05) is 6.07 Å². The van der Waals surface area contributed by atoms with Crippen molar-refractivity contribution < 1.29 is 4.74 Å². The summed E-state index contributed by atoms with van der Waals surface area (Å²) < 4.78 is 7.90. The van der Waals surface area contributed by atoms with Crippen LogP contribution >= 0.6 is 0 Å². The summed E-state index contributed by atoms with van der Waals surface area (Å²) in [6.45, 7) is 4.37. The van der Waals surface area contributed by atoms with Gasteiger partial charge in [-0.2, -0.15) is 0 Å². The SMILES string of the molecule is CN1CCOC(Cn2cccc2CN)C1. The van der Waals surface area contributed by atoms with Gasteiger partial charge in [0.25, 0.3) is 0 Å². The maximum absolute atomic E-state index is 5.72. The molecule has 2 rings (SSSR count). The fourth-order valence-electron chi connectivity index (χ4n) is 2.01. The maximum Gasteiger partial charge on any atom is 0.0880 e. The Morgan fingerprint density at radius 2 is 2.47 bits per heavy atom. The normalized spacial score (nSPS) is 23.2. The number of aromatic nitrogens is 1. The van der Waals surface area contributed by atoms with Gasteiger partial charge in [0.15, 0.2) is 0 Å². The Morgan fingerprint density at radius 1 is 1.60 bits per heavy atom. The van der Waals surface area contributed by atoms with Gasteiger partial charge in [0.2, 0.25) is 0 Å². The Labute approximate surface area is 90.6 Å². The molecule has 1 aliphatic heterocycles. The van der Waals surface area contributed by atoms with Gasteiger partial charge in [-0.1, -0.05) is 0 Å². The molecule has 0 spiro atoms. The highest BCUT2D eigenvalue weighted by Gasteiger charge is 2.18. The van der Waals surface area contributed by atoms with Crippen molar-refractivity contribution in [2.24, 2.45) is 5.73 Å². The summed E-state index contributed by atoms with van der Waals surface area (Å²) in [6, 6.07) is 4.10. The molecule has 0 bridgehead atoms. The van der Waals surface area contributed by atoms with Crippen LogP contribution < -0.4 is 5.73 Å². The van der Waals surface area contributed by atoms with Crippen molar-refractivity contribution in [2.45, 2.75) is 19.2 Å². The quantitative estimate of drug-likeness (QED) is 0.777. The van der Waals surface area contributed by atoms with E-state index >= 15 is 0 Å². The Bertz CT molecular complexity index is 311. The van der Waals surface area contributed by atoms with Gasteiger partial charge < -0.3 is 19.9 Å². The molecule has 1 aliphatic rings. The van der Waals surface area contributed by atoms with E-state index < -0.39 is 0 Å². The van der Waals surface area contributed by atoms with E-state index in [4.69, 9.17) is 10.5 Å². The van der Waals surface area contributed by atoms with E-state index in [0.717, 1.165) is 26.2 Å². The first-order valence-corrected chi connectivity index (χ1v) is 5.44. The lowest BCUT2D eigenvalue weighted by Gasteiger charge is -2.30. The van der Waals surface area contributed by atoms with Crippen molar-refractivity contribution >= 4 is 0 Å². The number of nitrogens with two attached hydrogens (primary N) is 1. The molecule has 1 saturated heterocycles. The second-order valence-electron chi connectivity index (χ2n) is 4.11. The third kappa shape index (κ3) is 2.59. The first kappa shape index (κ1) is 10.7. The van der Waals surface area contributed by atoms with Gasteiger partial charge in [0, 0.05) is 38.1 Å². The molecular weight excluding hydrogens is 190 g/mol. The average Bonchev–Trinajstić information content (AvgIpc) is 2.65. The van der Waals surface area contributed by atoms with Crippen LogP contribution in [0.3, 0.4) is 0 Å². The third-order valence-corrected chi connectivity index (χ3v) is 2.87. The van der Waals surface area contributed by atoms with E-state index in [1.54, 1.807) is 0 Å². The Hall–Kier alpha value is -0.840. The number of ether oxygens (including phenoxy) is 1. The van der Waals surface area contributed by atoms with Crippen molar-refractivity contribution in [2.75, 3.05) is 26.7 Å². The monoisotopic (exact) mass is 209 g/mol. The smallest absolute Gasteiger partial charge is 0.0880 e. The summed E-state index contributed by atoms with van der Waals surface area (Å²) in [5.41, 5.74) is 6.83. The molecule has 1 aromatic heterocycles. The fourth-order valence-corrected chi connectivity index (χ4v) is 2.01. The van der Waals surface area contributed by atoms with Crippen LogP contribution in [0.15, 0.2) is 18.3 Å². The van der Waals surface area contributed by atoms with Crippen LogP contribution in [-0.4, -0.2) is 42.3 Å². The molecule has 0 amide bonds. The van der Waals surface area contributed by atoms with Crippen molar-refractivity contribution in [1.82, 2.24) is 9.47 Å². The number of hydrogen-bond acceptors (Lipinski definition) is 3. The van der Waals surface area contributed by atoms with E-state index in [9.17, 15) is 0 Å². The molecular formula is C11H19N3O. The summed E-state index contributed by atoms with van der Waals surface area (Å²) in [7, 11) is 2.13. The molecule has 2 heterocycles. The molecule has 1 unspecified atom stereocenters. The van der Waals surface area contributed by atoms with Crippen LogP contribution in [0.5, 0.6) is 0 Å². The van der Waals surface area contributed by atoms with Crippen LogP contribution in [0.4, 0.5) is 0 Å². The van der Waals surface area contributed by atoms with E-state index in [-0.39, 0.29) is 0 Å². The van der Waals surface area contributed by atoms with Gasteiger partial charge in [0.05, 0.1) is 12.7 Å². The van der Waals surface area contributed by atoms with Crippen LogP contribution in [0, 0.1) is 0 Å². The summed E-state index contributed by atoms with van der Waals surface area (Å²) in [4.78, 5) is 2.31. The molecule has 1 fully saturated rings. The summed E-state index contributed by atoms with van der Waals surface area (Å²) >= 11 is 0. The highest BCUT2D eigenvalue weighted by atomic mass is 16.5. The fraction of sp³-hybridized carbons (Fsp3) is 0.636. The zero-order valence-electron chi connectivity index (χ0n) is 9.22. The van der Waals surface area contributed by atoms with Crippen molar-refractivity contribution in [3.63, 3.8) is 0 Å². The molecule has 0 aromatic carbocycles. The molecule has 4 heteroatoms. The minimum Gasteiger partial charge on any atom is -0.374 e. The zero-order valence-corrected chi connectivity index (χ0v) is 9.22. The zero-order chi connectivity index (χ0) is 10.7. The average molecular weight is 209 g/mol. The molecule has 0 saturated carbocycles. The minimum atomic E-state index is 0.293. The largest absolute Gasteiger partial charge is 0.374 e. The lowest BCUT2D eigenvalue weighted by Crippen LogP contribution is -2.42. The summed E-state index contributed by atoms with van der Waals surface area (Å²) in [6.07, 6.45) is 2.36. The minimum absolute atomic E-state index is 0.293. The number of nitrogens with zero attached hydrogens (tertiary/aromatic N) is 2. The number of rotatable bonds is 3. The molecule has 1 aromatic rings. The van der Waals surface area contributed by atoms with Crippen LogP contribution in [0.25, 0.3) is 0 Å². The van der Waals surface area contributed by atoms with Gasteiger partial charge in [0.1, 0.15) is 0 Å². The number of morpholine rings is 1. The summed E-state index contributed by atoms with van der Waals surface area (Å²) in [5.74, 6) is 0. The molecule has 0 aliphatic carbocycles. The van der Waals surface area contributed by atoms with E-state index in [1.165, 1.54) is 5.69 Å². The second-order valence-corrected chi connectivity index (χ2v) is 4.11. The lowest BCUT2D eigenvalue weighted by atomic mass is 10.2. The van der Waals surface area contributed by atoms with Crippen molar-refractivity contribution in [3.05, 3.63) is 24.0 Å². The van der Waals surface area contributed by atoms with Gasteiger partial charge in [-0.25, -0.2) is 0 Å². The van der Waals surface area contributed by atoms with Gasteiger partial charge in [-0.3, -0.25) is 0 Å². The van der Waals surface area contributed by atoms with Gasteiger partial charge in [-0.05, 0) is 19.2 Å². The van der Waals surface area contributed by atoms with Gasteiger partial charge >= 0.3 is 0 Å². The highest BCUT2D eigenvalue weighted by molar-refractivity contribution is 5.06. The molecule has 0 radical (unpaired) electrons. The predicted octanol–water partition coefficient (Wildman–Crippen LogP) is 0.277. The van der Waals surface area contributed by atoms with Crippen molar-refractivity contribution in [1.29, 1.82) is 0 Å². The Balaban J connectivity index is 1.96. The van der Waals surface area contributed by atoms with Gasteiger partial charge in [-0.15, -0.1) is 0 Å². The number of likely N-dealkylation sites (N-methyl/N-ethyl adjacent to an activating group) is 1. The molecule has 2 N–H and O–H groups in total. The molecule has 84 valence electrons. The Kier molecular flexibility index (Phi) is 3.41. The van der Waals surface area contributed by atoms with Crippen LogP contribution in [-0.2, 0) is 17.8 Å². The van der Waals surface area contributed by atoms with E-state index in [2.05, 4.69) is 28.8 Å². The Morgan fingerprint density at radius 3 is 3.20 bits per heavy atom. The van der Waals surface area contributed by atoms with Crippen LogP contribution in [0.2, 0.25) is 0 Å². The molecule has 15 heavy (non-hydrogen) atoms. The molecule has 1 atom stereocenters. The third-order valence-electron chi connectivity index (χ3n) is 2.87. The first-order chi connectivity index (χ1) is 7.29.